The van der Waals surface area contributed by atoms with Crippen LogP contribution in [0.2, 0.25) is 0 Å². The van der Waals surface area contributed by atoms with Gasteiger partial charge in [-0.05, 0) is 31.0 Å². The largest absolute Gasteiger partial charge is 0.393 e. The fraction of sp³-hybridized carbons (Fsp3) is 0.500. The fourth-order valence-electron chi connectivity index (χ4n) is 3.09. The molecule has 3 N–H and O–H groups in total. The molecule has 8 heteroatoms. The highest BCUT2D eigenvalue weighted by Crippen LogP contribution is 2.26. The van der Waals surface area contributed by atoms with Gasteiger partial charge in [-0.1, -0.05) is 6.42 Å². The molecule has 1 saturated carbocycles. The van der Waals surface area contributed by atoms with E-state index in [4.69, 9.17) is 0 Å². The topological polar surface area (TPSA) is 81.2 Å². The van der Waals surface area contributed by atoms with Gasteiger partial charge in [0.15, 0.2) is 5.82 Å². The SMILES string of the molecule is CN(CC1CCCC1O)C(=O)Nc1ccc2nc(C(F)F)[nH]c2c1. The van der Waals surface area contributed by atoms with E-state index in [-0.39, 0.29) is 23.9 Å². The van der Waals surface area contributed by atoms with Crippen LogP contribution < -0.4 is 5.32 Å². The minimum Gasteiger partial charge on any atom is -0.393 e. The molecule has 1 heterocycles. The van der Waals surface area contributed by atoms with E-state index in [0.29, 0.717) is 23.3 Å². The number of hydrogen-bond donors (Lipinski definition) is 3. The molecule has 0 bridgehead atoms. The highest BCUT2D eigenvalue weighted by molar-refractivity contribution is 5.91. The molecule has 2 aromatic rings. The Balaban J connectivity index is 1.66. The number of rotatable bonds is 4. The predicted molar refractivity (Wildman–Crippen MR) is 86.0 cm³/mol. The molecule has 2 amide bonds. The maximum atomic E-state index is 12.7. The lowest BCUT2D eigenvalue weighted by atomic mass is 10.1. The Bertz CT molecular complexity index is 734. The average Bonchev–Trinajstić information content (AvgIpc) is 3.13. The van der Waals surface area contributed by atoms with Crippen molar-refractivity contribution in [2.45, 2.75) is 31.8 Å². The van der Waals surface area contributed by atoms with Gasteiger partial charge in [-0.2, -0.15) is 0 Å². The van der Waals surface area contributed by atoms with Crippen molar-refractivity contribution in [1.29, 1.82) is 0 Å². The number of halogens is 2. The molecule has 1 aromatic carbocycles. The number of amides is 2. The molecule has 130 valence electrons. The Morgan fingerprint density at radius 3 is 2.96 bits per heavy atom. The second-order valence-corrected chi connectivity index (χ2v) is 6.22. The van der Waals surface area contributed by atoms with Crippen LogP contribution in [0.3, 0.4) is 0 Å². The molecule has 2 atom stereocenters. The summed E-state index contributed by atoms with van der Waals surface area (Å²) in [6, 6.07) is 4.47. The van der Waals surface area contributed by atoms with Crippen LogP contribution >= 0.6 is 0 Å². The number of aromatic amines is 1. The van der Waals surface area contributed by atoms with E-state index in [0.717, 1.165) is 19.3 Å². The van der Waals surface area contributed by atoms with E-state index in [1.54, 1.807) is 25.2 Å². The zero-order valence-corrected chi connectivity index (χ0v) is 13.3. The van der Waals surface area contributed by atoms with Gasteiger partial charge in [-0.3, -0.25) is 0 Å². The lowest BCUT2D eigenvalue weighted by Gasteiger charge is -2.23. The standard InChI is InChI=1S/C16H20F2N4O2/c1-22(8-9-3-2-4-13(9)23)16(24)19-10-5-6-11-12(7-10)21-15(20-11)14(17)18/h5-7,9,13-14,23H,2-4,8H2,1H3,(H,19,24)(H,20,21). The molecule has 2 unspecified atom stereocenters. The number of alkyl halides is 2. The third-order valence-corrected chi connectivity index (χ3v) is 4.43. The molecular weight excluding hydrogens is 318 g/mol. The van der Waals surface area contributed by atoms with E-state index >= 15 is 0 Å². The monoisotopic (exact) mass is 338 g/mol. The normalized spacial score (nSPS) is 20.7. The second kappa shape index (κ2) is 6.72. The van der Waals surface area contributed by atoms with Gasteiger partial charge in [0.1, 0.15) is 0 Å². The molecule has 0 saturated heterocycles. The lowest BCUT2D eigenvalue weighted by molar-refractivity contribution is 0.116. The molecule has 1 aliphatic rings. The van der Waals surface area contributed by atoms with E-state index < -0.39 is 6.43 Å². The minimum atomic E-state index is -2.67. The lowest BCUT2D eigenvalue weighted by Crippen LogP contribution is -2.37. The van der Waals surface area contributed by atoms with Gasteiger partial charge in [0.05, 0.1) is 17.1 Å². The number of carbonyl (C=O) groups is 1. The quantitative estimate of drug-likeness (QED) is 0.801. The van der Waals surface area contributed by atoms with E-state index in [2.05, 4.69) is 15.3 Å². The maximum absolute atomic E-state index is 12.7. The Kier molecular flexibility index (Phi) is 4.66. The maximum Gasteiger partial charge on any atom is 0.321 e. The molecular formula is C16H20F2N4O2. The Morgan fingerprint density at radius 2 is 2.29 bits per heavy atom. The highest BCUT2D eigenvalue weighted by atomic mass is 19.3. The summed E-state index contributed by atoms with van der Waals surface area (Å²) in [4.78, 5) is 20.1. The third-order valence-electron chi connectivity index (χ3n) is 4.43. The number of fused-ring (bicyclic) bond motifs is 1. The Morgan fingerprint density at radius 1 is 1.50 bits per heavy atom. The molecule has 1 aliphatic carbocycles. The van der Waals surface area contributed by atoms with Gasteiger partial charge in [-0.25, -0.2) is 18.6 Å². The van der Waals surface area contributed by atoms with Crippen LogP contribution in [0.15, 0.2) is 18.2 Å². The van der Waals surface area contributed by atoms with Crippen molar-refractivity contribution in [3.63, 3.8) is 0 Å². The van der Waals surface area contributed by atoms with Gasteiger partial charge in [0.2, 0.25) is 0 Å². The summed E-state index contributed by atoms with van der Waals surface area (Å²) in [5, 5.41) is 12.6. The van der Waals surface area contributed by atoms with Crippen LogP contribution in [0.5, 0.6) is 0 Å². The van der Waals surface area contributed by atoms with Crippen molar-refractivity contribution in [3.8, 4) is 0 Å². The Hall–Kier alpha value is -2.22. The molecule has 0 aliphatic heterocycles. The van der Waals surface area contributed by atoms with E-state index in [9.17, 15) is 18.7 Å². The number of benzene rings is 1. The number of aliphatic hydroxyl groups is 1. The van der Waals surface area contributed by atoms with Crippen molar-refractivity contribution >= 4 is 22.8 Å². The van der Waals surface area contributed by atoms with Crippen molar-refractivity contribution in [2.75, 3.05) is 18.9 Å². The number of hydrogen-bond acceptors (Lipinski definition) is 3. The summed E-state index contributed by atoms with van der Waals surface area (Å²) in [5.41, 5.74) is 1.36. The fourth-order valence-corrected chi connectivity index (χ4v) is 3.09. The van der Waals surface area contributed by atoms with Gasteiger partial charge in [0.25, 0.3) is 6.43 Å². The van der Waals surface area contributed by atoms with Crippen LogP contribution in [0, 0.1) is 5.92 Å². The van der Waals surface area contributed by atoms with E-state index in [1.807, 2.05) is 0 Å². The first-order valence-corrected chi connectivity index (χ1v) is 7.92. The first-order chi connectivity index (χ1) is 11.4. The molecule has 0 radical (unpaired) electrons. The van der Waals surface area contributed by atoms with Crippen molar-refractivity contribution in [1.82, 2.24) is 14.9 Å². The van der Waals surface area contributed by atoms with Crippen LogP contribution in [-0.2, 0) is 0 Å². The number of aliphatic hydroxyl groups excluding tert-OH is 1. The van der Waals surface area contributed by atoms with Crippen LogP contribution in [0.4, 0.5) is 19.3 Å². The number of nitrogens with one attached hydrogen (secondary N) is 2. The number of nitrogens with zero attached hydrogens (tertiary/aromatic N) is 2. The second-order valence-electron chi connectivity index (χ2n) is 6.22. The van der Waals surface area contributed by atoms with Crippen molar-refractivity contribution in [3.05, 3.63) is 24.0 Å². The van der Waals surface area contributed by atoms with Crippen molar-refractivity contribution in [2.24, 2.45) is 5.92 Å². The zero-order chi connectivity index (χ0) is 17.3. The molecule has 0 spiro atoms. The molecule has 3 rings (SSSR count). The summed E-state index contributed by atoms with van der Waals surface area (Å²) in [6.07, 6.45) is -0.350. The summed E-state index contributed by atoms with van der Waals surface area (Å²) in [6.45, 7) is 0.481. The predicted octanol–water partition coefficient (Wildman–Crippen LogP) is 3.13. The van der Waals surface area contributed by atoms with Crippen LogP contribution in [0.1, 0.15) is 31.5 Å². The van der Waals surface area contributed by atoms with Gasteiger partial charge < -0.3 is 20.3 Å². The first kappa shape index (κ1) is 16.6. The Labute approximate surface area is 137 Å². The molecule has 6 nitrogen and oxygen atoms in total. The number of anilines is 1. The van der Waals surface area contributed by atoms with Crippen LogP contribution in [-0.4, -0.2) is 45.7 Å². The molecule has 1 aromatic heterocycles. The highest BCUT2D eigenvalue weighted by Gasteiger charge is 2.27. The van der Waals surface area contributed by atoms with Gasteiger partial charge >= 0.3 is 6.03 Å². The van der Waals surface area contributed by atoms with E-state index in [1.165, 1.54) is 4.90 Å². The zero-order valence-electron chi connectivity index (χ0n) is 13.3. The summed E-state index contributed by atoms with van der Waals surface area (Å²) in [7, 11) is 1.67. The number of H-pyrrole nitrogens is 1. The summed E-state index contributed by atoms with van der Waals surface area (Å²) >= 11 is 0. The van der Waals surface area contributed by atoms with Gasteiger partial charge in [-0.15, -0.1) is 0 Å². The molecule has 24 heavy (non-hydrogen) atoms. The molecule has 1 fully saturated rings. The minimum absolute atomic E-state index is 0.101. The van der Waals surface area contributed by atoms with Crippen molar-refractivity contribution < 1.29 is 18.7 Å². The summed E-state index contributed by atoms with van der Waals surface area (Å²) in [5.74, 6) is -0.287. The third kappa shape index (κ3) is 3.48. The number of carbonyl (C=O) groups excluding carboxylic acids is 1. The summed E-state index contributed by atoms with van der Waals surface area (Å²) < 4.78 is 25.3. The average molecular weight is 338 g/mol. The van der Waals surface area contributed by atoms with Crippen LogP contribution in [0.25, 0.3) is 11.0 Å². The first-order valence-electron chi connectivity index (χ1n) is 7.92. The smallest absolute Gasteiger partial charge is 0.321 e. The number of urea groups is 1. The number of imidazole rings is 1. The number of aromatic nitrogens is 2. The van der Waals surface area contributed by atoms with Gasteiger partial charge in [0, 0.05) is 25.2 Å².